The molecule has 1 rings (SSSR count). The minimum Gasteiger partial charge on any atom is -0.319 e. The van der Waals surface area contributed by atoms with E-state index >= 15 is 0 Å². The monoisotopic (exact) mass is 189 g/mol. The van der Waals surface area contributed by atoms with E-state index in [0.29, 0.717) is 10.5 Å². The highest BCUT2D eigenvalue weighted by Gasteiger charge is 2.14. The molecule has 0 aliphatic heterocycles. The molecular formula is C7H9ClNOP. The normalized spacial score (nSPS) is 11.5. The summed E-state index contributed by atoms with van der Waals surface area (Å²) in [7, 11) is -2.25. The molecule has 0 unspecified atom stereocenters. The van der Waals surface area contributed by atoms with Crippen molar-refractivity contribution in [1.29, 1.82) is 0 Å². The molecule has 0 N–H and O–H groups in total. The molecule has 1 heterocycles. The van der Waals surface area contributed by atoms with Crippen LogP contribution in [0, 0.1) is 0 Å². The van der Waals surface area contributed by atoms with Crippen molar-refractivity contribution >= 4 is 24.0 Å². The molecule has 11 heavy (non-hydrogen) atoms. The summed E-state index contributed by atoms with van der Waals surface area (Å²) >= 11 is 5.73. The Morgan fingerprint density at radius 2 is 2.18 bits per heavy atom. The van der Waals surface area contributed by atoms with Crippen LogP contribution < -0.4 is 5.30 Å². The van der Waals surface area contributed by atoms with Gasteiger partial charge in [-0.15, -0.1) is 0 Å². The van der Waals surface area contributed by atoms with Gasteiger partial charge in [-0.1, -0.05) is 11.6 Å². The molecule has 0 fully saturated rings. The summed E-state index contributed by atoms with van der Waals surface area (Å²) in [6.45, 7) is 3.35. The standard InChI is InChI=1S/C7H9ClNOP/c1-11(2,10)6-4-3-5-9-7(6)8/h3-5H,1-2H3. The minimum absolute atomic E-state index is 0.348. The van der Waals surface area contributed by atoms with E-state index in [4.69, 9.17) is 11.6 Å². The first-order chi connectivity index (χ1) is 5.02. The Bertz CT molecular complexity index is 307. The highest BCUT2D eigenvalue weighted by atomic mass is 35.5. The van der Waals surface area contributed by atoms with Crippen molar-refractivity contribution in [1.82, 2.24) is 4.98 Å². The van der Waals surface area contributed by atoms with Gasteiger partial charge in [0.2, 0.25) is 0 Å². The average molecular weight is 190 g/mol. The lowest BCUT2D eigenvalue weighted by molar-refractivity contribution is 0.588. The summed E-state index contributed by atoms with van der Waals surface area (Å²) in [5, 5.41) is 1.00. The van der Waals surface area contributed by atoms with Gasteiger partial charge in [-0.3, -0.25) is 0 Å². The van der Waals surface area contributed by atoms with Crippen LogP contribution in [0.1, 0.15) is 0 Å². The summed E-state index contributed by atoms with van der Waals surface area (Å²) in [5.41, 5.74) is 0. The molecule has 0 amide bonds. The second-order valence-electron chi connectivity index (χ2n) is 2.66. The smallest absolute Gasteiger partial charge is 0.139 e. The fourth-order valence-corrected chi connectivity index (χ4v) is 2.46. The van der Waals surface area contributed by atoms with Gasteiger partial charge in [0, 0.05) is 11.5 Å². The molecule has 4 heteroatoms. The fraction of sp³-hybridized carbons (Fsp3) is 0.286. The van der Waals surface area contributed by atoms with Crippen LogP contribution in [0.3, 0.4) is 0 Å². The maximum atomic E-state index is 11.5. The van der Waals surface area contributed by atoms with Gasteiger partial charge in [0.15, 0.2) is 0 Å². The largest absolute Gasteiger partial charge is 0.319 e. The molecule has 0 bridgehead atoms. The van der Waals surface area contributed by atoms with Gasteiger partial charge in [0.05, 0.1) is 0 Å². The molecule has 0 saturated carbocycles. The summed E-state index contributed by atoms with van der Waals surface area (Å²) < 4.78 is 11.5. The van der Waals surface area contributed by atoms with Gasteiger partial charge >= 0.3 is 0 Å². The van der Waals surface area contributed by atoms with Gasteiger partial charge in [0.1, 0.15) is 12.3 Å². The van der Waals surface area contributed by atoms with Crippen LogP contribution in [0.2, 0.25) is 5.15 Å². The maximum Gasteiger partial charge on any atom is 0.139 e. The zero-order valence-electron chi connectivity index (χ0n) is 6.41. The van der Waals surface area contributed by atoms with Crippen molar-refractivity contribution in [3.05, 3.63) is 23.5 Å². The van der Waals surface area contributed by atoms with E-state index < -0.39 is 7.14 Å². The average Bonchev–Trinajstić information content (AvgIpc) is 1.86. The number of hydrogen-bond donors (Lipinski definition) is 0. The molecule has 2 nitrogen and oxygen atoms in total. The van der Waals surface area contributed by atoms with Gasteiger partial charge in [-0.25, -0.2) is 4.98 Å². The first-order valence-electron chi connectivity index (χ1n) is 3.18. The first kappa shape index (κ1) is 8.76. The highest BCUT2D eigenvalue weighted by molar-refractivity contribution is 7.70. The van der Waals surface area contributed by atoms with Crippen LogP contribution in [0.5, 0.6) is 0 Å². The van der Waals surface area contributed by atoms with E-state index in [1.165, 1.54) is 0 Å². The fourth-order valence-electron chi connectivity index (χ4n) is 0.779. The van der Waals surface area contributed by atoms with Crippen molar-refractivity contribution in [2.45, 2.75) is 0 Å². The number of rotatable bonds is 1. The third-order valence-corrected chi connectivity index (χ3v) is 3.27. The van der Waals surface area contributed by atoms with Crippen LogP contribution in [-0.2, 0) is 4.57 Å². The highest BCUT2D eigenvalue weighted by Crippen LogP contribution is 2.36. The maximum absolute atomic E-state index is 11.5. The molecule has 0 spiro atoms. The number of nitrogens with zero attached hydrogens (tertiary/aromatic N) is 1. The van der Waals surface area contributed by atoms with Crippen LogP contribution in [0.25, 0.3) is 0 Å². The predicted molar refractivity (Wildman–Crippen MR) is 48.3 cm³/mol. The number of halogens is 1. The summed E-state index contributed by atoms with van der Waals surface area (Å²) in [6.07, 6.45) is 1.58. The quantitative estimate of drug-likeness (QED) is 0.500. The Kier molecular flexibility index (Phi) is 2.36. The molecule has 0 aliphatic carbocycles. The molecule has 60 valence electrons. The number of aromatic nitrogens is 1. The van der Waals surface area contributed by atoms with E-state index in [2.05, 4.69) is 4.98 Å². The second-order valence-corrected chi connectivity index (χ2v) is 6.21. The SMILES string of the molecule is CP(C)(=O)c1cccnc1Cl. The molecule has 0 saturated heterocycles. The lowest BCUT2D eigenvalue weighted by Gasteiger charge is -2.06. The summed E-state index contributed by atoms with van der Waals surface area (Å²) in [5.74, 6) is 0. The van der Waals surface area contributed by atoms with Crippen LogP contribution in [0.15, 0.2) is 18.3 Å². The van der Waals surface area contributed by atoms with Crippen molar-refractivity contribution in [3.63, 3.8) is 0 Å². The van der Waals surface area contributed by atoms with Crippen molar-refractivity contribution in [2.75, 3.05) is 13.3 Å². The van der Waals surface area contributed by atoms with Gasteiger partial charge < -0.3 is 4.57 Å². The molecule has 0 radical (unpaired) electrons. The van der Waals surface area contributed by atoms with Crippen LogP contribution in [0.4, 0.5) is 0 Å². The minimum atomic E-state index is -2.25. The van der Waals surface area contributed by atoms with Crippen molar-refractivity contribution in [2.24, 2.45) is 0 Å². The van der Waals surface area contributed by atoms with Gasteiger partial charge in [-0.2, -0.15) is 0 Å². The van der Waals surface area contributed by atoms with Crippen LogP contribution >= 0.6 is 18.7 Å². The van der Waals surface area contributed by atoms with Crippen molar-refractivity contribution in [3.8, 4) is 0 Å². The Morgan fingerprint density at radius 1 is 1.55 bits per heavy atom. The summed E-state index contributed by atoms with van der Waals surface area (Å²) in [4.78, 5) is 3.84. The second kappa shape index (κ2) is 2.96. The third kappa shape index (κ3) is 2.05. The van der Waals surface area contributed by atoms with E-state index in [1.807, 2.05) is 0 Å². The molecule has 1 aromatic heterocycles. The summed E-state index contributed by atoms with van der Waals surface area (Å²) in [6, 6.07) is 3.48. The van der Waals surface area contributed by atoms with E-state index in [0.717, 1.165) is 0 Å². The predicted octanol–water partition coefficient (Wildman–Crippen LogP) is 1.98. The first-order valence-corrected chi connectivity index (χ1v) is 6.16. The zero-order chi connectivity index (χ0) is 8.48. The Morgan fingerprint density at radius 3 is 2.55 bits per heavy atom. The topological polar surface area (TPSA) is 30.0 Å². The van der Waals surface area contributed by atoms with Crippen LogP contribution in [-0.4, -0.2) is 18.3 Å². The third-order valence-electron chi connectivity index (χ3n) is 1.32. The number of hydrogen-bond acceptors (Lipinski definition) is 2. The Hall–Kier alpha value is -0.330. The zero-order valence-corrected chi connectivity index (χ0v) is 8.06. The van der Waals surface area contributed by atoms with E-state index in [-0.39, 0.29) is 0 Å². The van der Waals surface area contributed by atoms with Gasteiger partial charge in [-0.05, 0) is 25.5 Å². The van der Waals surface area contributed by atoms with E-state index in [1.54, 1.807) is 31.7 Å². The lowest BCUT2D eigenvalue weighted by atomic mass is 10.5. The molecule has 1 aromatic rings. The number of pyridine rings is 1. The molecular weight excluding hydrogens is 181 g/mol. The molecule has 0 aromatic carbocycles. The lowest BCUT2D eigenvalue weighted by Crippen LogP contribution is -2.05. The Labute approximate surface area is 71.0 Å². The van der Waals surface area contributed by atoms with Gasteiger partial charge in [0.25, 0.3) is 0 Å². The molecule has 0 atom stereocenters. The van der Waals surface area contributed by atoms with E-state index in [9.17, 15) is 4.57 Å². The van der Waals surface area contributed by atoms with Crippen molar-refractivity contribution < 1.29 is 4.57 Å². The molecule has 0 aliphatic rings. The Balaban J connectivity index is 3.25.